The lowest BCUT2D eigenvalue weighted by Gasteiger charge is -2.29. The molecule has 3 nitrogen and oxygen atoms in total. The van der Waals surface area contributed by atoms with Gasteiger partial charge in [-0.25, -0.2) is 0 Å². The fourth-order valence-corrected chi connectivity index (χ4v) is 2.18. The van der Waals surface area contributed by atoms with E-state index >= 15 is 0 Å². The minimum atomic E-state index is -0.0345. The molecule has 0 fully saturated rings. The number of carbonyl (C=O) groups excluding carboxylic acids is 1. The smallest absolute Gasteiger partial charge is 0.241 e. The molecule has 2 rings (SSSR count). The number of nitrogens with zero attached hydrogens (tertiary/aromatic N) is 1. The van der Waals surface area contributed by atoms with Crippen molar-refractivity contribution in [1.82, 2.24) is 0 Å². The molecule has 0 atom stereocenters. The van der Waals surface area contributed by atoms with E-state index in [1.54, 1.807) is 12.0 Å². The van der Waals surface area contributed by atoms with Gasteiger partial charge in [-0.2, -0.15) is 0 Å². The first-order chi connectivity index (χ1) is 7.76. The number of hydrogen-bond donors (Lipinski definition) is 0. The number of anilines is 1. The summed E-state index contributed by atoms with van der Waals surface area (Å²) in [5.41, 5.74) is 2.13. The highest BCUT2D eigenvalue weighted by molar-refractivity contribution is 6.29. The third kappa shape index (κ3) is 2.00. The molecule has 0 radical (unpaired) electrons. The molecule has 1 aliphatic heterocycles. The molecule has 1 aromatic rings. The Morgan fingerprint density at radius 1 is 1.56 bits per heavy atom. The predicted molar refractivity (Wildman–Crippen MR) is 64.4 cm³/mol. The van der Waals surface area contributed by atoms with Crippen LogP contribution in [0.15, 0.2) is 18.2 Å². The first kappa shape index (κ1) is 11.3. The molecule has 0 saturated heterocycles. The number of carbonyl (C=O) groups is 1. The van der Waals surface area contributed by atoms with Crippen LogP contribution in [0.4, 0.5) is 5.69 Å². The molecule has 16 heavy (non-hydrogen) atoms. The quantitative estimate of drug-likeness (QED) is 0.741. The molecule has 1 aromatic carbocycles. The molecule has 86 valence electrons. The van der Waals surface area contributed by atoms with Crippen molar-refractivity contribution in [2.24, 2.45) is 0 Å². The predicted octanol–water partition coefficient (Wildman–Crippen LogP) is 2.21. The SMILES string of the molecule is COc1ccc2c(c1)CCCN2C(=O)CCl. The highest BCUT2D eigenvalue weighted by atomic mass is 35.5. The molecule has 1 amide bonds. The zero-order valence-electron chi connectivity index (χ0n) is 9.20. The molecule has 0 aromatic heterocycles. The molecule has 0 bridgehead atoms. The summed E-state index contributed by atoms with van der Waals surface area (Å²) in [6, 6.07) is 5.79. The second kappa shape index (κ2) is 4.74. The molecule has 0 saturated carbocycles. The topological polar surface area (TPSA) is 29.5 Å². The molecular weight excluding hydrogens is 226 g/mol. The number of methoxy groups -OCH3 is 1. The van der Waals surface area contributed by atoms with Gasteiger partial charge in [-0.1, -0.05) is 0 Å². The van der Waals surface area contributed by atoms with E-state index in [1.165, 1.54) is 0 Å². The van der Waals surface area contributed by atoms with E-state index in [1.807, 2.05) is 18.2 Å². The largest absolute Gasteiger partial charge is 0.497 e. The number of halogens is 1. The molecular formula is C12H14ClNO2. The first-order valence-electron chi connectivity index (χ1n) is 5.29. The number of benzene rings is 1. The van der Waals surface area contributed by atoms with Gasteiger partial charge in [0.1, 0.15) is 11.6 Å². The van der Waals surface area contributed by atoms with Gasteiger partial charge in [-0.05, 0) is 36.6 Å². The third-order valence-electron chi connectivity index (χ3n) is 2.82. The number of ether oxygens (including phenoxy) is 1. The van der Waals surface area contributed by atoms with Gasteiger partial charge in [0.25, 0.3) is 0 Å². The van der Waals surface area contributed by atoms with E-state index < -0.39 is 0 Å². The maximum atomic E-state index is 11.6. The van der Waals surface area contributed by atoms with Crippen molar-refractivity contribution < 1.29 is 9.53 Å². The van der Waals surface area contributed by atoms with Gasteiger partial charge in [0.2, 0.25) is 5.91 Å². The number of amides is 1. The highest BCUT2D eigenvalue weighted by Crippen LogP contribution is 2.30. The van der Waals surface area contributed by atoms with E-state index in [0.717, 1.165) is 36.4 Å². The van der Waals surface area contributed by atoms with Crippen LogP contribution in [0.1, 0.15) is 12.0 Å². The number of rotatable bonds is 2. The van der Waals surface area contributed by atoms with E-state index in [9.17, 15) is 4.79 Å². The summed E-state index contributed by atoms with van der Waals surface area (Å²) in [6.07, 6.45) is 1.96. The number of hydrogen-bond acceptors (Lipinski definition) is 2. The Morgan fingerprint density at radius 2 is 2.38 bits per heavy atom. The van der Waals surface area contributed by atoms with Crippen LogP contribution in [0.2, 0.25) is 0 Å². The molecule has 0 aliphatic carbocycles. The fourth-order valence-electron chi connectivity index (χ4n) is 2.03. The Balaban J connectivity index is 2.36. The van der Waals surface area contributed by atoms with Crippen LogP contribution in [0.3, 0.4) is 0 Å². The zero-order valence-corrected chi connectivity index (χ0v) is 9.96. The van der Waals surface area contributed by atoms with E-state index in [4.69, 9.17) is 16.3 Å². The van der Waals surface area contributed by atoms with Crippen molar-refractivity contribution in [2.75, 3.05) is 24.4 Å². The Labute approximate surface area is 100.0 Å². The van der Waals surface area contributed by atoms with Gasteiger partial charge in [-0.15, -0.1) is 11.6 Å². The van der Waals surface area contributed by atoms with Gasteiger partial charge >= 0.3 is 0 Å². The minimum Gasteiger partial charge on any atom is -0.497 e. The average molecular weight is 240 g/mol. The van der Waals surface area contributed by atoms with Crippen LogP contribution in [-0.2, 0) is 11.2 Å². The standard InChI is InChI=1S/C12H14ClNO2/c1-16-10-4-5-11-9(7-10)3-2-6-14(11)12(15)8-13/h4-5,7H,2-3,6,8H2,1H3. The van der Waals surface area contributed by atoms with Crippen molar-refractivity contribution >= 4 is 23.2 Å². The summed E-state index contributed by atoms with van der Waals surface area (Å²) in [5.74, 6) is 0.831. The van der Waals surface area contributed by atoms with Crippen LogP contribution in [0.25, 0.3) is 0 Å². The number of alkyl halides is 1. The Hall–Kier alpha value is -1.22. The van der Waals surface area contributed by atoms with Crippen LogP contribution >= 0.6 is 11.6 Å². The lowest BCUT2D eigenvalue weighted by Crippen LogP contribution is -2.36. The fraction of sp³-hybridized carbons (Fsp3) is 0.417. The molecule has 0 N–H and O–H groups in total. The second-order valence-electron chi connectivity index (χ2n) is 3.78. The van der Waals surface area contributed by atoms with Crippen LogP contribution in [0, 0.1) is 0 Å². The Bertz CT molecular complexity index is 406. The van der Waals surface area contributed by atoms with Gasteiger partial charge in [-0.3, -0.25) is 4.79 Å². The summed E-state index contributed by atoms with van der Waals surface area (Å²) in [4.78, 5) is 13.4. The summed E-state index contributed by atoms with van der Waals surface area (Å²) in [6.45, 7) is 0.755. The lowest BCUT2D eigenvalue weighted by molar-refractivity contribution is -0.116. The van der Waals surface area contributed by atoms with Crippen molar-refractivity contribution in [2.45, 2.75) is 12.8 Å². The van der Waals surface area contributed by atoms with E-state index in [0.29, 0.717) is 0 Å². The van der Waals surface area contributed by atoms with E-state index in [-0.39, 0.29) is 11.8 Å². The average Bonchev–Trinajstić information content (AvgIpc) is 2.36. The summed E-state index contributed by atoms with van der Waals surface area (Å²) in [7, 11) is 1.65. The maximum Gasteiger partial charge on any atom is 0.241 e. The second-order valence-corrected chi connectivity index (χ2v) is 4.04. The maximum absolute atomic E-state index is 11.6. The van der Waals surface area contributed by atoms with Crippen molar-refractivity contribution in [3.63, 3.8) is 0 Å². The zero-order chi connectivity index (χ0) is 11.5. The Kier molecular flexibility index (Phi) is 3.34. The van der Waals surface area contributed by atoms with Crippen LogP contribution in [0.5, 0.6) is 5.75 Å². The van der Waals surface area contributed by atoms with Crippen molar-refractivity contribution in [1.29, 1.82) is 0 Å². The first-order valence-corrected chi connectivity index (χ1v) is 5.83. The normalized spacial score (nSPS) is 14.5. The summed E-state index contributed by atoms with van der Waals surface area (Å²) < 4.78 is 5.17. The molecule has 1 heterocycles. The van der Waals surface area contributed by atoms with Crippen LogP contribution in [-0.4, -0.2) is 25.4 Å². The minimum absolute atomic E-state index is 0.0332. The van der Waals surface area contributed by atoms with Crippen LogP contribution < -0.4 is 9.64 Å². The molecule has 4 heteroatoms. The van der Waals surface area contributed by atoms with Crippen molar-refractivity contribution in [3.8, 4) is 5.75 Å². The van der Waals surface area contributed by atoms with Gasteiger partial charge in [0.15, 0.2) is 0 Å². The third-order valence-corrected chi connectivity index (χ3v) is 3.05. The monoisotopic (exact) mass is 239 g/mol. The van der Waals surface area contributed by atoms with Gasteiger partial charge in [0.05, 0.1) is 7.11 Å². The highest BCUT2D eigenvalue weighted by Gasteiger charge is 2.21. The Morgan fingerprint density at radius 3 is 3.06 bits per heavy atom. The molecule has 0 unspecified atom stereocenters. The van der Waals surface area contributed by atoms with Gasteiger partial charge < -0.3 is 9.64 Å². The molecule has 1 aliphatic rings. The number of fused-ring (bicyclic) bond motifs is 1. The van der Waals surface area contributed by atoms with E-state index in [2.05, 4.69) is 0 Å². The summed E-state index contributed by atoms with van der Waals surface area (Å²) in [5, 5.41) is 0. The summed E-state index contributed by atoms with van der Waals surface area (Å²) >= 11 is 5.59. The lowest BCUT2D eigenvalue weighted by atomic mass is 10.0. The van der Waals surface area contributed by atoms with Gasteiger partial charge in [0, 0.05) is 12.2 Å². The molecule has 0 spiro atoms. The number of aryl methyl sites for hydroxylation is 1. The van der Waals surface area contributed by atoms with Crippen molar-refractivity contribution in [3.05, 3.63) is 23.8 Å².